The third-order valence-electron chi connectivity index (χ3n) is 4.77. The number of carbonyl (C=O) groups is 1. The average molecular weight is 455 g/mol. The van der Waals surface area contributed by atoms with Crippen molar-refractivity contribution in [3.63, 3.8) is 0 Å². The van der Waals surface area contributed by atoms with Gasteiger partial charge in [0.25, 0.3) is 5.56 Å². The number of hydrogen-bond donors (Lipinski definition) is 0. The zero-order chi connectivity index (χ0) is 22.9. The maximum Gasteiger partial charge on any atom is 0.262 e. The summed E-state index contributed by atoms with van der Waals surface area (Å²) in [5.74, 6) is -0.656. The van der Waals surface area contributed by atoms with E-state index in [1.807, 2.05) is 12.1 Å². The van der Waals surface area contributed by atoms with E-state index in [1.165, 1.54) is 29.2 Å². The van der Waals surface area contributed by atoms with Crippen LogP contribution in [-0.2, 0) is 16.1 Å². The van der Waals surface area contributed by atoms with E-state index in [4.69, 9.17) is 10.00 Å². The Balaban J connectivity index is 1.86. The van der Waals surface area contributed by atoms with Crippen LogP contribution >= 0.6 is 11.8 Å². The Labute approximate surface area is 189 Å². The topological polar surface area (TPSA) is 88.2 Å². The van der Waals surface area contributed by atoms with Crippen LogP contribution in [0.1, 0.15) is 12.8 Å². The van der Waals surface area contributed by atoms with Crippen LogP contribution in [0.15, 0.2) is 58.5 Å². The molecule has 3 aromatic rings. The summed E-state index contributed by atoms with van der Waals surface area (Å²) in [6.07, 6.45) is 0.769. The zero-order valence-electron chi connectivity index (χ0n) is 17.7. The molecule has 1 aromatic heterocycles. The van der Waals surface area contributed by atoms with Gasteiger partial charge in [0, 0.05) is 32.5 Å². The first kappa shape index (κ1) is 23.4. The van der Waals surface area contributed by atoms with Gasteiger partial charge in [0.2, 0.25) is 5.91 Å². The van der Waals surface area contributed by atoms with E-state index >= 15 is 0 Å². The zero-order valence-corrected chi connectivity index (χ0v) is 18.5. The predicted octanol–water partition coefficient (Wildman–Crippen LogP) is 3.61. The van der Waals surface area contributed by atoms with Crippen LogP contribution in [0.5, 0.6) is 0 Å². The molecule has 0 bridgehead atoms. The molecule has 0 spiro atoms. The van der Waals surface area contributed by atoms with Gasteiger partial charge in [-0.1, -0.05) is 23.9 Å². The number of nitrogens with zero attached hydrogens (tertiary/aromatic N) is 4. The van der Waals surface area contributed by atoms with Gasteiger partial charge >= 0.3 is 0 Å². The van der Waals surface area contributed by atoms with Crippen molar-refractivity contribution in [1.29, 1.82) is 5.26 Å². The molecule has 32 heavy (non-hydrogen) atoms. The van der Waals surface area contributed by atoms with E-state index in [-0.39, 0.29) is 30.2 Å². The molecule has 0 aliphatic carbocycles. The number of thioether (sulfide) groups is 1. The quantitative estimate of drug-likeness (QED) is 0.264. The first-order valence-corrected chi connectivity index (χ1v) is 11.1. The van der Waals surface area contributed by atoms with Gasteiger partial charge in [0.15, 0.2) is 5.16 Å². The Morgan fingerprint density at radius 3 is 2.72 bits per heavy atom. The number of ether oxygens (including phenoxy) is 1. The first-order valence-electron chi connectivity index (χ1n) is 10.1. The van der Waals surface area contributed by atoms with Gasteiger partial charge in [0.1, 0.15) is 5.82 Å². The minimum absolute atomic E-state index is 0.0118. The van der Waals surface area contributed by atoms with Crippen molar-refractivity contribution in [2.45, 2.75) is 24.5 Å². The number of methoxy groups -OCH3 is 1. The number of amides is 1. The monoisotopic (exact) mass is 454 g/mol. The van der Waals surface area contributed by atoms with Gasteiger partial charge < -0.3 is 9.64 Å². The number of fused-ring (bicyclic) bond motifs is 1. The SMILES string of the molecule is COCCCn1c(SCC(=O)N(CCC#N)c2ccc(F)cc2)nc2ccccc2c1=O. The average Bonchev–Trinajstić information content (AvgIpc) is 2.80. The molecule has 166 valence electrons. The third kappa shape index (κ3) is 5.72. The van der Waals surface area contributed by atoms with Crippen molar-refractivity contribution in [1.82, 2.24) is 9.55 Å². The second kappa shape index (κ2) is 11.4. The van der Waals surface area contributed by atoms with Crippen molar-refractivity contribution < 1.29 is 13.9 Å². The number of para-hydroxylation sites is 1. The maximum atomic E-state index is 13.3. The van der Waals surface area contributed by atoms with E-state index in [9.17, 15) is 14.0 Å². The van der Waals surface area contributed by atoms with E-state index in [2.05, 4.69) is 4.98 Å². The molecule has 0 unspecified atom stereocenters. The van der Waals surface area contributed by atoms with Gasteiger partial charge in [-0.15, -0.1) is 0 Å². The van der Waals surface area contributed by atoms with Gasteiger partial charge in [0.05, 0.1) is 29.1 Å². The smallest absolute Gasteiger partial charge is 0.262 e. The first-order chi connectivity index (χ1) is 15.5. The molecule has 1 amide bonds. The lowest BCUT2D eigenvalue weighted by Gasteiger charge is -2.22. The Hall–Kier alpha value is -3.22. The van der Waals surface area contributed by atoms with Crippen molar-refractivity contribution in [2.24, 2.45) is 0 Å². The number of rotatable bonds is 10. The number of hydrogen-bond acceptors (Lipinski definition) is 6. The summed E-state index contributed by atoms with van der Waals surface area (Å²) in [4.78, 5) is 32.1. The molecule has 0 saturated carbocycles. The molecular weight excluding hydrogens is 431 g/mol. The highest BCUT2D eigenvalue weighted by atomic mass is 32.2. The number of anilines is 1. The second-order valence-electron chi connectivity index (χ2n) is 6.93. The molecular formula is C23H23FN4O3S. The molecule has 0 radical (unpaired) electrons. The van der Waals surface area contributed by atoms with Crippen LogP contribution in [-0.4, -0.2) is 41.5 Å². The highest BCUT2D eigenvalue weighted by Gasteiger charge is 2.18. The van der Waals surface area contributed by atoms with Gasteiger partial charge in [-0.2, -0.15) is 5.26 Å². The summed E-state index contributed by atoms with van der Waals surface area (Å²) < 4.78 is 20.0. The summed E-state index contributed by atoms with van der Waals surface area (Å²) in [7, 11) is 1.60. The van der Waals surface area contributed by atoms with Crippen LogP contribution in [0.3, 0.4) is 0 Å². The molecule has 2 aromatic carbocycles. The van der Waals surface area contributed by atoms with Crippen LogP contribution in [0.2, 0.25) is 0 Å². The standard InChI is InChI=1S/C23H23FN4O3S/c1-31-15-5-14-28-22(30)19-6-2-3-7-20(19)26-23(28)32-16-21(29)27(13-4-12-25)18-10-8-17(24)9-11-18/h2-3,6-11H,4-5,13-16H2,1H3. The summed E-state index contributed by atoms with van der Waals surface area (Å²) in [5.41, 5.74) is 0.910. The number of aromatic nitrogens is 2. The van der Waals surface area contributed by atoms with E-state index in [1.54, 1.807) is 29.9 Å². The van der Waals surface area contributed by atoms with Crippen LogP contribution in [0.4, 0.5) is 10.1 Å². The van der Waals surface area contributed by atoms with E-state index < -0.39 is 5.82 Å². The van der Waals surface area contributed by atoms with E-state index in [0.717, 1.165) is 11.8 Å². The predicted molar refractivity (Wildman–Crippen MR) is 122 cm³/mol. The molecule has 0 N–H and O–H groups in total. The Kier molecular flexibility index (Phi) is 8.36. The minimum atomic E-state index is -0.406. The summed E-state index contributed by atoms with van der Waals surface area (Å²) in [6, 6.07) is 14.7. The molecule has 9 heteroatoms. The van der Waals surface area contributed by atoms with Gasteiger partial charge in [-0.05, 0) is 42.8 Å². The van der Waals surface area contributed by atoms with Crippen molar-refractivity contribution in [3.05, 3.63) is 64.7 Å². The van der Waals surface area contributed by atoms with Crippen molar-refractivity contribution in [2.75, 3.05) is 30.9 Å². The lowest BCUT2D eigenvalue weighted by Crippen LogP contribution is -2.33. The highest BCUT2D eigenvalue weighted by molar-refractivity contribution is 7.99. The van der Waals surface area contributed by atoms with Gasteiger partial charge in [-0.25, -0.2) is 9.37 Å². The Bertz CT molecular complexity index is 1170. The Morgan fingerprint density at radius 1 is 1.25 bits per heavy atom. The summed E-state index contributed by atoms with van der Waals surface area (Å²) in [5, 5.41) is 9.91. The molecule has 0 saturated heterocycles. The van der Waals surface area contributed by atoms with Crippen LogP contribution in [0, 0.1) is 17.1 Å². The van der Waals surface area contributed by atoms with Gasteiger partial charge in [-0.3, -0.25) is 14.2 Å². The maximum absolute atomic E-state index is 13.3. The molecule has 3 rings (SSSR count). The van der Waals surface area contributed by atoms with Crippen molar-refractivity contribution in [3.8, 4) is 6.07 Å². The fraction of sp³-hybridized carbons (Fsp3) is 0.304. The fourth-order valence-electron chi connectivity index (χ4n) is 3.21. The molecule has 0 atom stereocenters. The number of nitriles is 1. The summed E-state index contributed by atoms with van der Waals surface area (Å²) in [6.45, 7) is 1.10. The molecule has 0 aliphatic heterocycles. The van der Waals surface area contributed by atoms with Crippen LogP contribution in [0.25, 0.3) is 10.9 Å². The number of halogens is 1. The highest BCUT2D eigenvalue weighted by Crippen LogP contribution is 2.21. The minimum Gasteiger partial charge on any atom is -0.385 e. The Morgan fingerprint density at radius 2 is 2.00 bits per heavy atom. The lowest BCUT2D eigenvalue weighted by atomic mass is 10.2. The summed E-state index contributed by atoms with van der Waals surface area (Å²) >= 11 is 1.16. The second-order valence-corrected chi connectivity index (χ2v) is 7.88. The lowest BCUT2D eigenvalue weighted by molar-refractivity contribution is -0.116. The number of benzene rings is 2. The molecule has 1 heterocycles. The van der Waals surface area contributed by atoms with Crippen molar-refractivity contribution >= 4 is 34.3 Å². The third-order valence-corrected chi connectivity index (χ3v) is 5.73. The number of carbonyl (C=O) groups excluding carboxylic acids is 1. The van der Waals surface area contributed by atoms with E-state index in [0.29, 0.717) is 41.3 Å². The largest absolute Gasteiger partial charge is 0.385 e. The molecule has 0 aliphatic rings. The van der Waals surface area contributed by atoms with Crippen LogP contribution < -0.4 is 10.5 Å². The molecule has 7 nitrogen and oxygen atoms in total. The normalized spacial score (nSPS) is 10.8. The fourth-order valence-corrected chi connectivity index (χ4v) is 4.11. The molecule has 0 fully saturated rings.